The van der Waals surface area contributed by atoms with Gasteiger partial charge in [0.1, 0.15) is 12.4 Å². The summed E-state index contributed by atoms with van der Waals surface area (Å²) in [7, 11) is 0. The summed E-state index contributed by atoms with van der Waals surface area (Å²) in [6, 6.07) is 16.9. The molecule has 42 heavy (non-hydrogen) atoms. The number of amides is 2. The Kier molecular flexibility index (Phi) is 7.59. The van der Waals surface area contributed by atoms with Crippen LogP contribution in [0.15, 0.2) is 67.0 Å². The lowest BCUT2D eigenvalue weighted by Gasteiger charge is -2.24. The molecule has 6 rings (SSSR count). The van der Waals surface area contributed by atoms with E-state index in [1.807, 2.05) is 42.5 Å². The zero-order valence-corrected chi connectivity index (χ0v) is 25.0. The SMILES string of the molecule is CC(C)(C)c1nn(-c2cccc(Cl)c2)c2c1C(c1ccc3c(c1)OCO3)SCC(=O)N2CC(=O)NCc1cccnc1. The number of nitrogens with zero attached hydrogens (tertiary/aromatic N) is 4. The number of hydrogen-bond donors (Lipinski definition) is 1. The quantitative estimate of drug-likeness (QED) is 0.314. The highest BCUT2D eigenvalue weighted by atomic mass is 35.5. The van der Waals surface area contributed by atoms with Crippen molar-refractivity contribution >= 4 is 41.0 Å². The van der Waals surface area contributed by atoms with Crippen LogP contribution < -0.4 is 19.7 Å². The van der Waals surface area contributed by atoms with E-state index in [0.29, 0.717) is 34.6 Å². The fraction of sp³-hybridized carbons (Fsp3) is 0.290. The molecular weight excluding hydrogens is 574 g/mol. The number of nitrogens with one attached hydrogen (secondary N) is 1. The van der Waals surface area contributed by atoms with Gasteiger partial charge in [-0.05, 0) is 47.5 Å². The van der Waals surface area contributed by atoms with Gasteiger partial charge in [-0.1, -0.05) is 50.6 Å². The Morgan fingerprint density at radius 2 is 1.95 bits per heavy atom. The molecule has 0 fully saturated rings. The molecule has 0 bridgehead atoms. The monoisotopic (exact) mass is 603 g/mol. The van der Waals surface area contributed by atoms with E-state index >= 15 is 0 Å². The molecule has 216 valence electrons. The first kappa shape index (κ1) is 28.1. The van der Waals surface area contributed by atoms with Crippen LogP contribution in [0.1, 0.15) is 48.4 Å². The van der Waals surface area contributed by atoms with Crippen LogP contribution in [0.25, 0.3) is 5.69 Å². The summed E-state index contributed by atoms with van der Waals surface area (Å²) in [4.78, 5) is 32.9. The highest BCUT2D eigenvalue weighted by molar-refractivity contribution is 8.00. The number of carbonyl (C=O) groups excluding carboxylic acids is 2. The Bertz CT molecular complexity index is 1650. The molecule has 0 saturated heterocycles. The third-order valence-electron chi connectivity index (χ3n) is 7.07. The fourth-order valence-corrected chi connectivity index (χ4v) is 6.48. The van der Waals surface area contributed by atoms with Gasteiger partial charge in [-0.15, -0.1) is 11.8 Å². The van der Waals surface area contributed by atoms with E-state index in [1.165, 1.54) is 11.8 Å². The predicted molar refractivity (Wildman–Crippen MR) is 163 cm³/mol. The zero-order valence-electron chi connectivity index (χ0n) is 23.5. The zero-order chi connectivity index (χ0) is 29.4. The second kappa shape index (κ2) is 11.3. The third-order valence-corrected chi connectivity index (χ3v) is 8.56. The topological polar surface area (TPSA) is 98.6 Å². The number of ether oxygens (including phenoxy) is 2. The van der Waals surface area contributed by atoms with Crippen molar-refractivity contribution in [2.24, 2.45) is 0 Å². The molecule has 4 heterocycles. The van der Waals surface area contributed by atoms with Gasteiger partial charge in [0.15, 0.2) is 11.5 Å². The second-order valence-corrected chi connectivity index (χ2v) is 12.7. The number of hydrogen-bond acceptors (Lipinski definition) is 7. The van der Waals surface area contributed by atoms with Gasteiger partial charge in [0.2, 0.25) is 18.6 Å². The van der Waals surface area contributed by atoms with Crippen LogP contribution in [0.5, 0.6) is 11.5 Å². The van der Waals surface area contributed by atoms with Crippen molar-refractivity contribution in [2.45, 2.75) is 38.0 Å². The average Bonchev–Trinajstić information content (AvgIpc) is 3.57. The van der Waals surface area contributed by atoms with Crippen LogP contribution in [-0.2, 0) is 21.5 Å². The largest absolute Gasteiger partial charge is 0.454 e. The van der Waals surface area contributed by atoms with Crippen LogP contribution in [-0.4, -0.2) is 45.7 Å². The number of anilines is 1. The van der Waals surface area contributed by atoms with Crippen molar-refractivity contribution in [3.8, 4) is 17.2 Å². The number of fused-ring (bicyclic) bond motifs is 2. The van der Waals surface area contributed by atoms with Crippen molar-refractivity contribution in [1.29, 1.82) is 0 Å². The number of rotatable bonds is 6. The minimum absolute atomic E-state index is 0.169. The molecule has 0 radical (unpaired) electrons. The van der Waals surface area contributed by atoms with E-state index in [0.717, 1.165) is 22.4 Å². The van der Waals surface area contributed by atoms with Gasteiger partial charge >= 0.3 is 0 Å². The van der Waals surface area contributed by atoms with E-state index < -0.39 is 0 Å². The Balaban J connectivity index is 1.49. The van der Waals surface area contributed by atoms with Gasteiger partial charge in [-0.25, -0.2) is 4.68 Å². The lowest BCUT2D eigenvalue weighted by Crippen LogP contribution is -2.42. The maximum Gasteiger partial charge on any atom is 0.240 e. The molecule has 0 spiro atoms. The van der Waals surface area contributed by atoms with Gasteiger partial charge in [-0.2, -0.15) is 5.10 Å². The number of pyridine rings is 1. The van der Waals surface area contributed by atoms with Gasteiger partial charge in [0.25, 0.3) is 0 Å². The van der Waals surface area contributed by atoms with Crippen molar-refractivity contribution in [2.75, 3.05) is 24.0 Å². The van der Waals surface area contributed by atoms with Crippen molar-refractivity contribution in [3.05, 3.63) is 94.4 Å². The smallest absolute Gasteiger partial charge is 0.240 e. The first-order chi connectivity index (χ1) is 20.2. The minimum atomic E-state index is -0.384. The summed E-state index contributed by atoms with van der Waals surface area (Å²) in [5.41, 5.74) is 3.83. The van der Waals surface area contributed by atoms with Crippen molar-refractivity contribution < 1.29 is 19.1 Å². The highest BCUT2D eigenvalue weighted by Gasteiger charge is 2.40. The summed E-state index contributed by atoms with van der Waals surface area (Å²) in [5, 5.41) is 8.32. The first-order valence-corrected chi connectivity index (χ1v) is 15.0. The van der Waals surface area contributed by atoms with Crippen LogP contribution >= 0.6 is 23.4 Å². The number of aromatic nitrogens is 3. The predicted octanol–water partition coefficient (Wildman–Crippen LogP) is 5.43. The van der Waals surface area contributed by atoms with E-state index in [1.54, 1.807) is 34.1 Å². The summed E-state index contributed by atoms with van der Waals surface area (Å²) in [5.74, 6) is 1.59. The molecule has 4 aromatic rings. The van der Waals surface area contributed by atoms with Gasteiger partial charge in [-0.3, -0.25) is 19.5 Å². The molecule has 1 atom stereocenters. The molecule has 2 aromatic heterocycles. The van der Waals surface area contributed by atoms with Gasteiger partial charge in [0.05, 0.1) is 22.4 Å². The van der Waals surface area contributed by atoms with Crippen molar-refractivity contribution in [3.63, 3.8) is 0 Å². The molecule has 0 saturated carbocycles. The standard InChI is InChI=1S/C31H30ClN5O4S/c1-31(2,3)29-27-28(20-9-10-23-24(12-20)41-18-40-23)42-17-26(39)36(16-25(38)34-15-19-6-5-11-33-14-19)30(27)37(35-29)22-8-4-7-21(32)13-22/h4-14,28H,15-18H2,1-3H3,(H,34,38). The highest BCUT2D eigenvalue weighted by Crippen LogP contribution is 2.50. The molecule has 2 aromatic carbocycles. The van der Waals surface area contributed by atoms with Crippen LogP contribution in [0.3, 0.4) is 0 Å². The molecule has 11 heteroatoms. The lowest BCUT2D eigenvalue weighted by atomic mass is 9.87. The fourth-order valence-electron chi connectivity index (χ4n) is 5.10. The van der Waals surface area contributed by atoms with Crippen LogP contribution in [0, 0.1) is 0 Å². The number of halogens is 1. The average molecular weight is 604 g/mol. The molecule has 2 aliphatic heterocycles. The lowest BCUT2D eigenvalue weighted by molar-refractivity contribution is -0.123. The first-order valence-electron chi connectivity index (χ1n) is 13.6. The normalized spacial score (nSPS) is 16.2. The summed E-state index contributed by atoms with van der Waals surface area (Å²) < 4.78 is 13.0. The van der Waals surface area contributed by atoms with Gasteiger partial charge < -0.3 is 14.8 Å². The number of benzene rings is 2. The van der Waals surface area contributed by atoms with E-state index in [2.05, 4.69) is 31.1 Å². The maximum absolute atomic E-state index is 13.9. The number of carbonyl (C=O) groups is 2. The third kappa shape index (κ3) is 5.56. The molecule has 1 N–H and O–H groups in total. The van der Waals surface area contributed by atoms with Crippen LogP contribution in [0.4, 0.5) is 5.82 Å². The summed E-state index contributed by atoms with van der Waals surface area (Å²) in [6.07, 6.45) is 3.38. The van der Waals surface area contributed by atoms with E-state index in [9.17, 15) is 9.59 Å². The molecule has 1 unspecified atom stereocenters. The molecule has 2 aliphatic rings. The number of thioether (sulfide) groups is 1. The molecular formula is C31H30ClN5O4S. The Hall–Kier alpha value is -4.02. The molecule has 9 nitrogen and oxygen atoms in total. The second-order valence-electron chi connectivity index (χ2n) is 11.1. The molecule has 2 amide bonds. The van der Waals surface area contributed by atoms with E-state index in [4.69, 9.17) is 26.2 Å². The molecule has 0 aliphatic carbocycles. The summed E-state index contributed by atoms with van der Waals surface area (Å²) >= 11 is 7.92. The van der Waals surface area contributed by atoms with Gasteiger partial charge in [0, 0.05) is 34.9 Å². The Morgan fingerprint density at radius 3 is 2.71 bits per heavy atom. The van der Waals surface area contributed by atoms with E-state index in [-0.39, 0.29) is 41.6 Å². The Morgan fingerprint density at radius 1 is 1.12 bits per heavy atom. The van der Waals surface area contributed by atoms with Crippen LogP contribution in [0.2, 0.25) is 5.02 Å². The Labute approximate surface area is 253 Å². The maximum atomic E-state index is 13.9. The van der Waals surface area contributed by atoms with Crippen molar-refractivity contribution in [1.82, 2.24) is 20.1 Å². The minimum Gasteiger partial charge on any atom is -0.454 e. The summed E-state index contributed by atoms with van der Waals surface area (Å²) in [6.45, 7) is 6.58.